The molecule has 1 aromatic heterocycles. The quantitative estimate of drug-likeness (QED) is 0.625. The summed E-state index contributed by atoms with van der Waals surface area (Å²) in [5.74, 6) is -0.232. The second-order valence-electron chi connectivity index (χ2n) is 8.18. The van der Waals surface area contributed by atoms with Gasteiger partial charge in [-0.15, -0.1) is 5.10 Å². The highest BCUT2D eigenvalue weighted by Gasteiger charge is 2.37. The summed E-state index contributed by atoms with van der Waals surface area (Å²) < 4.78 is 9.36. The summed E-state index contributed by atoms with van der Waals surface area (Å²) in [4.78, 5) is 28.6. The van der Waals surface area contributed by atoms with Crippen molar-refractivity contribution in [3.8, 4) is 5.75 Å². The summed E-state index contributed by atoms with van der Waals surface area (Å²) >= 11 is 1.08. The third-order valence-corrected chi connectivity index (χ3v) is 5.05. The van der Waals surface area contributed by atoms with Gasteiger partial charge in [0.2, 0.25) is 5.91 Å². The lowest BCUT2D eigenvalue weighted by atomic mass is 9.99. The molecule has 3 aromatic rings. The predicted molar refractivity (Wildman–Crippen MR) is 122 cm³/mol. The van der Waals surface area contributed by atoms with Crippen LogP contribution in [0.3, 0.4) is 0 Å². The molecule has 7 nitrogen and oxygen atoms in total. The van der Waals surface area contributed by atoms with Crippen molar-refractivity contribution in [2.45, 2.75) is 39.3 Å². The SMILES string of the molecule is COc1ccccc1[C@H](C(=O)NC(C)(C)C)N(C(=O)c1csnn1)c1ccc(C)cc1. The topological polar surface area (TPSA) is 84.4 Å². The molecule has 3 rings (SSSR count). The van der Waals surface area contributed by atoms with Gasteiger partial charge in [-0.25, -0.2) is 0 Å². The second-order valence-corrected chi connectivity index (χ2v) is 8.79. The van der Waals surface area contributed by atoms with E-state index in [1.165, 1.54) is 4.90 Å². The molecule has 1 atom stereocenters. The number of benzene rings is 2. The lowest BCUT2D eigenvalue weighted by Gasteiger charge is -2.34. The van der Waals surface area contributed by atoms with Gasteiger partial charge in [0, 0.05) is 22.2 Å². The monoisotopic (exact) mass is 438 g/mol. The molecule has 0 radical (unpaired) electrons. The zero-order chi connectivity index (χ0) is 22.6. The normalized spacial score (nSPS) is 12.2. The van der Waals surface area contributed by atoms with Gasteiger partial charge in [0.05, 0.1) is 7.11 Å². The number of rotatable bonds is 6. The van der Waals surface area contributed by atoms with E-state index in [2.05, 4.69) is 14.9 Å². The van der Waals surface area contributed by atoms with Gasteiger partial charge in [-0.2, -0.15) is 0 Å². The van der Waals surface area contributed by atoms with E-state index in [-0.39, 0.29) is 11.6 Å². The van der Waals surface area contributed by atoms with Crippen molar-refractivity contribution >= 4 is 29.0 Å². The van der Waals surface area contributed by atoms with Gasteiger partial charge in [-0.3, -0.25) is 14.5 Å². The molecule has 0 aliphatic heterocycles. The Balaban J connectivity index is 2.22. The number of aryl methyl sites for hydroxylation is 1. The number of hydrogen-bond donors (Lipinski definition) is 1. The van der Waals surface area contributed by atoms with Crippen LogP contribution in [0.5, 0.6) is 5.75 Å². The third-order valence-electron chi connectivity index (χ3n) is 4.55. The first-order chi connectivity index (χ1) is 14.7. The van der Waals surface area contributed by atoms with Crippen molar-refractivity contribution in [1.82, 2.24) is 14.9 Å². The first-order valence-electron chi connectivity index (χ1n) is 9.83. The lowest BCUT2D eigenvalue weighted by Crippen LogP contribution is -2.49. The Morgan fingerprint density at radius 1 is 1.10 bits per heavy atom. The fourth-order valence-corrected chi connectivity index (χ4v) is 3.63. The van der Waals surface area contributed by atoms with Crippen LogP contribution in [-0.2, 0) is 4.79 Å². The molecule has 0 aliphatic rings. The number of anilines is 1. The maximum absolute atomic E-state index is 13.6. The van der Waals surface area contributed by atoms with Crippen molar-refractivity contribution in [2.24, 2.45) is 0 Å². The van der Waals surface area contributed by atoms with Gasteiger partial charge in [0.25, 0.3) is 5.91 Å². The van der Waals surface area contributed by atoms with Gasteiger partial charge in [0.1, 0.15) is 11.8 Å². The van der Waals surface area contributed by atoms with Gasteiger partial charge in [-0.05, 0) is 57.4 Å². The predicted octanol–water partition coefficient (Wildman–Crippen LogP) is 4.16. The average Bonchev–Trinajstić information content (AvgIpc) is 3.26. The highest BCUT2D eigenvalue weighted by molar-refractivity contribution is 7.03. The number of carbonyl (C=O) groups is 2. The molecule has 1 N–H and O–H groups in total. The van der Waals surface area contributed by atoms with E-state index in [9.17, 15) is 9.59 Å². The second kappa shape index (κ2) is 9.26. The number of ether oxygens (including phenoxy) is 1. The van der Waals surface area contributed by atoms with Crippen LogP contribution in [0.4, 0.5) is 5.69 Å². The molecule has 0 saturated carbocycles. The zero-order valence-electron chi connectivity index (χ0n) is 18.2. The minimum absolute atomic E-state index is 0.175. The first kappa shape index (κ1) is 22.4. The molecule has 0 aliphatic carbocycles. The molecule has 2 aromatic carbocycles. The average molecular weight is 439 g/mol. The van der Waals surface area contributed by atoms with E-state index in [1.807, 2.05) is 64.1 Å². The van der Waals surface area contributed by atoms with Gasteiger partial charge < -0.3 is 10.1 Å². The summed E-state index contributed by atoms with van der Waals surface area (Å²) in [6.45, 7) is 7.65. The van der Waals surface area contributed by atoms with Crippen LogP contribution in [0.1, 0.15) is 48.4 Å². The van der Waals surface area contributed by atoms with Crippen molar-refractivity contribution < 1.29 is 14.3 Å². The summed E-state index contributed by atoms with van der Waals surface area (Å²) in [5.41, 5.74) is 1.86. The molecule has 0 saturated heterocycles. The Labute approximate surface area is 186 Å². The van der Waals surface area contributed by atoms with Gasteiger partial charge >= 0.3 is 0 Å². The van der Waals surface area contributed by atoms with Crippen molar-refractivity contribution in [2.75, 3.05) is 12.0 Å². The number of methoxy groups -OCH3 is 1. The molecule has 2 amide bonds. The minimum atomic E-state index is -0.979. The van der Waals surface area contributed by atoms with Crippen LogP contribution in [-0.4, -0.2) is 34.1 Å². The Kier molecular flexibility index (Phi) is 6.70. The number of carbonyl (C=O) groups excluding carboxylic acids is 2. The van der Waals surface area contributed by atoms with Crippen LogP contribution in [0.2, 0.25) is 0 Å². The Morgan fingerprint density at radius 2 is 1.77 bits per heavy atom. The Bertz CT molecular complexity index is 1040. The smallest absolute Gasteiger partial charge is 0.280 e. The molecule has 0 fully saturated rings. The van der Waals surface area contributed by atoms with E-state index in [0.29, 0.717) is 17.0 Å². The maximum Gasteiger partial charge on any atom is 0.280 e. The molecule has 1 heterocycles. The lowest BCUT2D eigenvalue weighted by molar-refractivity contribution is -0.123. The molecule has 0 bridgehead atoms. The number of amides is 2. The molecule has 31 heavy (non-hydrogen) atoms. The number of para-hydroxylation sites is 1. The zero-order valence-corrected chi connectivity index (χ0v) is 19.1. The number of nitrogens with zero attached hydrogens (tertiary/aromatic N) is 3. The van der Waals surface area contributed by atoms with Crippen LogP contribution in [0, 0.1) is 6.92 Å². The van der Waals surface area contributed by atoms with Gasteiger partial charge in [0.15, 0.2) is 5.69 Å². The third kappa shape index (κ3) is 5.27. The molecule has 0 spiro atoms. The van der Waals surface area contributed by atoms with E-state index in [0.717, 1.165) is 17.1 Å². The highest BCUT2D eigenvalue weighted by atomic mass is 32.1. The van der Waals surface area contributed by atoms with Crippen LogP contribution < -0.4 is 15.0 Å². The minimum Gasteiger partial charge on any atom is -0.496 e. The van der Waals surface area contributed by atoms with E-state index in [1.54, 1.807) is 24.6 Å². The number of aromatic nitrogens is 2. The van der Waals surface area contributed by atoms with Crippen molar-refractivity contribution in [1.29, 1.82) is 0 Å². The largest absolute Gasteiger partial charge is 0.496 e. The van der Waals surface area contributed by atoms with Crippen molar-refractivity contribution in [3.05, 3.63) is 70.7 Å². The van der Waals surface area contributed by atoms with E-state index in [4.69, 9.17) is 4.74 Å². The number of nitrogens with one attached hydrogen (secondary N) is 1. The van der Waals surface area contributed by atoms with E-state index >= 15 is 0 Å². The molecule has 0 unspecified atom stereocenters. The standard InChI is InChI=1S/C23H26N4O3S/c1-15-10-12-16(13-11-15)27(22(29)18-14-31-26-25-18)20(21(28)24-23(2,3)4)17-8-6-7-9-19(17)30-5/h6-14,20H,1-5H3,(H,24,28)/t20-/m1/s1. The fraction of sp³-hybridized carbons (Fsp3) is 0.304. The molecular weight excluding hydrogens is 412 g/mol. The van der Waals surface area contributed by atoms with Crippen LogP contribution in [0.25, 0.3) is 0 Å². The highest BCUT2D eigenvalue weighted by Crippen LogP contribution is 2.35. The number of hydrogen-bond acceptors (Lipinski definition) is 6. The fourth-order valence-electron chi connectivity index (χ4n) is 3.20. The summed E-state index contributed by atoms with van der Waals surface area (Å²) in [6, 6.07) is 13.7. The van der Waals surface area contributed by atoms with E-state index < -0.39 is 17.5 Å². The Morgan fingerprint density at radius 3 is 2.35 bits per heavy atom. The molecule has 8 heteroatoms. The molecular formula is C23H26N4O3S. The summed E-state index contributed by atoms with van der Waals surface area (Å²) in [6.07, 6.45) is 0. The maximum atomic E-state index is 13.6. The van der Waals surface area contributed by atoms with Crippen LogP contribution in [0.15, 0.2) is 53.9 Å². The van der Waals surface area contributed by atoms with Crippen molar-refractivity contribution in [3.63, 3.8) is 0 Å². The molecule has 162 valence electrons. The van der Waals surface area contributed by atoms with Crippen LogP contribution >= 0.6 is 11.5 Å². The van der Waals surface area contributed by atoms with Gasteiger partial charge in [-0.1, -0.05) is 40.4 Å². The first-order valence-corrected chi connectivity index (χ1v) is 10.7. The summed E-state index contributed by atoms with van der Waals surface area (Å²) in [5, 5.41) is 8.53. The Hall–Kier alpha value is -3.26. The summed E-state index contributed by atoms with van der Waals surface area (Å²) in [7, 11) is 1.54.